The molecule has 1 aromatic heterocycles. The van der Waals surface area contributed by atoms with Crippen LogP contribution in [0.1, 0.15) is 37.8 Å². The Morgan fingerprint density at radius 3 is 2.47 bits per heavy atom. The molecular weight excluding hydrogens is 190 g/mol. The first kappa shape index (κ1) is 9.21. The number of rotatable bonds is 2. The van der Waals surface area contributed by atoms with E-state index in [-0.39, 0.29) is 5.69 Å². The van der Waals surface area contributed by atoms with Gasteiger partial charge in [0.15, 0.2) is 0 Å². The van der Waals surface area contributed by atoms with Crippen molar-refractivity contribution < 1.29 is 0 Å². The summed E-state index contributed by atoms with van der Waals surface area (Å²) in [7, 11) is 0. The van der Waals surface area contributed by atoms with Crippen LogP contribution in [0.3, 0.4) is 0 Å². The lowest BCUT2D eigenvalue weighted by Gasteiger charge is -2.23. The Morgan fingerprint density at radius 2 is 1.87 bits per heavy atom. The summed E-state index contributed by atoms with van der Waals surface area (Å²) in [5.74, 6) is 0. The molecule has 2 heterocycles. The maximum atomic E-state index is 12.0. The SMILES string of the molecule is O=c1n(C2CC2)ccn1C1CCCNC1. The average Bonchev–Trinajstić information content (AvgIpc) is 3.04. The number of hydrogen-bond acceptors (Lipinski definition) is 2. The summed E-state index contributed by atoms with van der Waals surface area (Å²) < 4.78 is 3.80. The van der Waals surface area contributed by atoms with Gasteiger partial charge in [-0.1, -0.05) is 0 Å². The highest BCUT2D eigenvalue weighted by Crippen LogP contribution is 2.33. The van der Waals surface area contributed by atoms with Gasteiger partial charge in [-0.3, -0.25) is 9.13 Å². The largest absolute Gasteiger partial charge is 0.328 e. The van der Waals surface area contributed by atoms with Crippen LogP contribution >= 0.6 is 0 Å². The van der Waals surface area contributed by atoms with Crippen LogP contribution in [-0.4, -0.2) is 22.2 Å². The third-order valence-corrected chi connectivity index (χ3v) is 3.43. The maximum absolute atomic E-state index is 12.0. The van der Waals surface area contributed by atoms with E-state index in [0.717, 1.165) is 19.5 Å². The zero-order chi connectivity index (χ0) is 10.3. The minimum absolute atomic E-state index is 0.186. The second-order valence-electron chi connectivity index (χ2n) is 4.63. The van der Waals surface area contributed by atoms with Crippen molar-refractivity contribution in [2.24, 2.45) is 0 Å². The number of aromatic nitrogens is 2. The molecule has 1 atom stereocenters. The lowest BCUT2D eigenvalue weighted by atomic mass is 10.1. The summed E-state index contributed by atoms with van der Waals surface area (Å²) in [5, 5.41) is 3.35. The monoisotopic (exact) mass is 207 g/mol. The Kier molecular flexibility index (Phi) is 2.16. The van der Waals surface area contributed by atoms with E-state index < -0.39 is 0 Å². The zero-order valence-electron chi connectivity index (χ0n) is 8.85. The van der Waals surface area contributed by atoms with E-state index in [2.05, 4.69) is 5.32 Å². The van der Waals surface area contributed by atoms with E-state index in [4.69, 9.17) is 0 Å². The molecule has 4 heteroatoms. The molecule has 82 valence electrons. The van der Waals surface area contributed by atoms with Gasteiger partial charge in [-0.25, -0.2) is 4.79 Å². The van der Waals surface area contributed by atoms with Gasteiger partial charge in [-0.05, 0) is 32.2 Å². The van der Waals surface area contributed by atoms with Crippen molar-refractivity contribution in [3.63, 3.8) is 0 Å². The standard InChI is InChI=1S/C11H17N3O/c15-11-13(9-3-4-9)6-7-14(11)10-2-1-5-12-8-10/h6-7,9-10,12H,1-5,8H2. The van der Waals surface area contributed by atoms with Crippen molar-refractivity contribution in [2.75, 3.05) is 13.1 Å². The van der Waals surface area contributed by atoms with Crippen molar-refractivity contribution >= 4 is 0 Å². The fourth-order valence-electron chi connectivity index (χ4n) is 2.38. The smallest absolute Gasteiger partial charge is 0.315 e. The quantitative estimate of drug-likeness (QED) is 0.783. The highest BCUT2D eigenvalue weighted by Gasteiger charge is 2.27. The molecule has 15 heavy (non-hydrogen) atoms. The highest BCUT2D eigenvalue weighted by molar-refractivity contribution is 4.94. The van der Waals surface area contributed by atoms with E-state index in [9.17, 15) is 4.79 Å². The van der Waals surface area contributed by atoms with Gasteiger partial charge in [0.25, 0.3) is 0 Å². The van der Waals surface area contributed by atoms with Crippen molar-refractivity contribution in [3.05, 3.63) is 22.9 Å². The predicted molar refractivity (Wildman–Crippen MR) is 58.1 cm³/mol. The number of nitrogens with one attached hydrogen (secondary N) is 1. The summed E-state index contributed by atoms with van der Waals surface area (Å²) in [6.07, 6.45) is 8.56. The Balaban J connectivity index is 1.87. The second kappa shape index (κ2) is 3.52. The fraction of sp³-hybridized carbons (Fsp3) is 0.727. The fourth-order valence-corrected chi connectivity index (χ4v) is 2.38. The highest BCUT2D eigenvalue weighted by atomic mass is 16.1. The van der Waals surface area contributed by atoms with Gasteiger partial charge in [0.1, 0.15) is 0 Å². The summed E-state index contributed by atoms with van der Waals surface area (Å²) in [4.78, 5) is 12.0. The Morgan fingerprint density at radius 1 is 1.13 bits per heavy atom. The molecule has 1 aliphatic heterocycles. The van der Waals surface area contributed by atoms with E-state index in [1.807, 2.05) is 21.5 Å². The summed E-state index contributed by atoms with van der Waals surface area (Å²) in [5.41, 5.74) is 0.186. The predicted octanol–water partition coefficient (Wildman–Crippen LogP) is 0.909. The zero-order valence-corrected chi connectivity index (χ0v) is 8.85. The van der Waals surface area contributed by atoms with Crippen LogP contribution in [-0.2, 0) is 0 Å². The van der Waals surface area contributed by atoms with Crippen molar-refractivity contribution in [2.45, 2.75) is 37.8 Å². The third kappa shape index (κ3) is 1.63. The molecule has 0 bridgehead atoms. The van der Waals surface area contributed by atoms with E-state index in [1.165, 1.54) is 19.3 Å². The van der Waals surface area contributed by atoms with Crippen LogP contribution in [0.25, 0.3) is 0 Å². The minimum atomic E-state index is 0.186. The van der Waals surface area contributed by atoms with E-state index in [1.54, 1.807) is 0 Å². The van der Waals surface area contributed by atoms with Crippen molar-refractivity contribution in [1.29, 1.82) is 0 Å². The molecule has 2 fully saturated rings. The minimum Gasteiger partial charge on any atom is -0.315 e. The normalized spacial score (nSPS) is 26.8. The number of nitrogens with zero attached hydrogens (tertiary/aromatic N) is 2. The van der Waals surface area contributed by atoms with Gasteiger partial charge in [-0.2, -0.15) is 0 Å². The van der Waals surface area contributed by atoms with Crippen molar-refractivity contribution in [3.8, 4) is 0 Å². The molecule has 1 aromatic rings. The Hall–Kier alpha value is -1.03. The molecule has 2 aliphatic rings. The molecule has 1 aliphatic carbocycles. The second-order valence-corrected chi connectivity index (χ2v) is 4.63. The number of hydrogen-bond donors (Lipinski definition) is 1. The molecule has 1 N–H and O–H groups in total. The average molecular weight is 207 g/mol. The Labute approximate surface area is 88.9 Å². The molecular formula is C11H17N3O. The first-order valence-corrected chi connectivity index (χ1v) is 5.86. The molecule has 1 unspecified atom stereocenters. The summed E-state index contributed by atoms with van der Waals surface area (Å²) in [6, 6.07) is 0.863. The summed E-state index contributed by atoms with van der Waals surface area (Å²) in [6.45, 7) is 2.03. The molecule has 0 amide bonds. The molecule has 0 aromatic carbocycles. The van der Waals surface area contributed by atoms with Gasteiger partial charge in [-0.15, -0.1) is 0 Å². The van der Waals surface area contributed by atoms with Crippen LogP contribution in [0.15, 0.2) is 17.2 Å². The summed E-state index contributed by atoms with van der Waals surface area (Å²) >= 11 is 0. The lowest BCUT2D eigenvalue weighted by molar-refractivity contribution is 0.361. The van der Waals surface area contributed by atoms with Crippen LogP contribution in [0.2, 0.25) is 0 Å². The van der Waals surface area contributed by atoms with Gasteiger partial charge < -0.3 is 5.32 Å². The topological polar surface area (TPSA) is 39.0 Å². The van der Waals surface area contributed by atoms with Gasteiger partial charge >= 0.3 is 5.69 Å². The van der Waals surface area contributed by atoms with Crippen molar-refractivity contribution in [1.82, 2.24) is 14.5 Å². The molecule has 4 nitrogen and oxygen atoms in total. The number of imidazole rings is 1. The molecule has 1 saturated heterocycles. The Bertz CT molecular complexity index is 396. The lowest BCUT2D eigenvalue weighted by Crippen LogP contribution is -2.36. The molecule has 0 radical (unpaired) electrons. The maximum Gasteiger partial charge on any atom is 0.328 e. The van der Waals surface area contributed by atoms with Crippen LogP contribution < -0.4 is 11.0 Å². The molecule has 0 spiro atoms. The first-order valence-electron chi connectivity index (χ1n) is 5.86. The van der Waals surface area contributed by atoms with Gasteiger partial charge in [0, 0.05) is 25.0 Å². The van der Waals surface area contributed by atoms with Gasteiger partial charge in [0.05, 0.1) is 6.04 Å². The van der Waals surface area contributed by atoms with Crippen LogP contribution in [0, 0.1) is 0 Å². The van der Waals surface area contributed by atoms with E-state index in [0.29, 0.717) is 12.1 Å². The first-order chi connectivity index (χ1) is 7.36. The molecule has 3 rings (SSSR count). The van der Waals surface area contributed by atoms with Crippen LogP contribution in [0.4, 0.5) is 0 Å². The number of piperidine rings is 1. The van der Waals surface area contributed by atoms with Crippen LogP contribution in [0.5, 0.6) is 0 Å². The van der Waals surface area contributed by atoms with E-state index >= 15 is 0 Å². The third-order valence-electron chi connectivity index (χ3n) is 3.43. The molecule has 1 saturated carbocycles. The van der Waals surface area contributed by atoms with Gasteiger partial charge in [0.2, 0.25) is 0 Å².